The second-order valence-electron chi connectivity index (χ2n) is 6.77. The summed E-state index contributed by atoms with van der Waals surface area (Å²) < 4.78 is 4.95. The van der Waals surface area contributed by atoms with E-state index in [0.29, 0.717) is 23.8 Å². The number of benzene rings is 1. The Balaban J connectivity index is 1.73. The molecule has 0 unspecified atom stereocenters. The first kappa shape index (κ1) is 17.6. The zero-order valence-corrected chi connectivity index (χ0v) is 14.7. The maximum atomic E-state index is 12.8. The highest BCUT2D eigenvalue weighted by atomic mass is 16.5. The molecule has 1 aromatic carbocycles. The van der Waals surface area contributed by atoms with Crippen molar-refractivity contribution in [1.29, 1.82) is 0 Å². The molecule has 25 heavy (non-hydrogen) atoms. The van der Waals surface area contributed by atoms with Gasteiger partial charge in [-0.2, -0.15) is 0 Å². The van der Waals surface area contributed by atoms with Crippen LogP contribution in [0.25, 0.3) is 0 Å². The quantitative estimate of drug-likeness (QED) is 0.619. The van der Waals surface area contributed by atoms with Crippen LogP contribution >= 0.6 is 0 Å². The summed E-state index contributed by atoms with van der Waals surface area (Å²) in [5, 5.41) is 0. The monoisotopic (exact) mass is 344 g/mol. The van der Waals surface area contributed by atoms with Crippen molar-refractivity contribution in [3.63, 3.8) is 0 Å². The van der Waals surface area contributed by atoms with Gasteiger partial charge in [-0.3, -0.25) is 14.5 Å². The number of rotatable bonds is 4. The zero-order valence-electron chi connectivity index (χ0n) is 14.7. The highest BCUT2D eigenvalue weighted by Crippen LogP contribution is 2.28. The molecule has 2 heterocycles. The molecule has 134 valence electrons. The lowest BCUT2D eigenvalue weighted by atomic mass is 9.97. The average Bonchev–Trinajstić information content (AvgIpc) is 2.90. The molecule has 0 spiro atoms. The Morgan fingerprint density at radius 2 is 1.80 bits per heavy atom. The lowest BCUT2D eigenvalue weighted by molar-refractivity contribution is -0.123. The van der Waals surface area contributed by atoms with Crippen LogP contribution in [0.1, 0.15) is 43.5 Å². The molecule has 0 bridgehead atoms. The first-order chi connectivity index (χ1) is 12.0. The fourth-order valence-corrected chi connectivity index (χ4v) is 3.47. The van der Waals surface area contributed by atoms with E-state index in [1.54, 1.807) is 31.2 Å². The third kappa shape index (κ3) is 3.58. The number of anilines is 1. The van der Waals surface area contributed by atoms with Gasteiger partial charge in [0.1, 0.15) is 0 Å². The number of ether oxygens (including phenoxy) is 1. The number of esters is 1. The molecule has 3 rings (SSSR count). The molecule has 1 aromatic rings. The van der Waals surface area contributed by atoms with Gasteiger partial charge in [-0.1, -0.05) is 6.92 Å². The second kappa shape index (κ2) is 7.35. The third-order valence-electron chi connectivity index (χ3n) is 5.02. The topological polar surface area (TPSA) is 66.9 Å². The number of likely N-dealkylation sites (tertiary alicyclic amines) is 1. The minimum atomic E-state index is -0.409. The largest absolute Gasteiger partial charge is 0.462 e. The summed E-state index contributed by atoms with van der Waals surface area (Å²) in [5.74, 6) is -0.0793. The van der Waals surface area contributed by atoms with E-state index in [9.17, 15) is 14.4 Å². The summed E-state index contributed by atoms with van der Waals surface area (Å²) >= 11 is 0. The van der Waals surface area contributed by atoms with Crippen LogP contribution in [-0.4, -0.2) is 48.4 Å². The Hall–Kier alpha value is -2.21. The van der Waals surface area contributed by atoms with Crippen LogP contribution in [0, 0.1) is 5.92 Å². The van der Waals surface area contributed by atoms with E-state index in [-0.39, 0.29) is 24.3 Å². The van der Waals surface area contributed by atoms with Crippen molar-refractivity contribution < 1.29 is 19.1 Å². The van der Waals surface area contributed by atoms with E-state index in [0.717, 1.165) is 25.9 Å². The number of hydrogen-bond donors (Lipinski definition) is 0. The average molecular weight is 344 g/mol. The highest BCUT2D eigenvalue weighted by molar-refractivity contribution is 6.22. The highest BCUT2D eigenvalue weighted by Gasteiger charge is 2.43. The molecule has 0 N–H and O–H groups in total. The van der Waals surface area contributed by atoms with Gasteiger partial charge in [0, 0.05) is 0 Å². The van der Waals surface area contributed by atoms with Gasteiger partial charge in [0.15, 0.2) is 0 Å². The van der Waals surface area contributed by atoms with Crippen molar-refractivity contribution >= 4 is 23.5 Å². The summed E-state index contributed by atoms with van der Waals surface area (Å²) in [7, 11) is 0. The smallest absolute Gasteiger partial charge is 0.338 e. The standard InChI is InChI=1S/C19H24N2O4/c1-3-25-19(24)14-4-6-15(7-5-14)21-17(22)12-16(18(21)23)20-10-8-13(2)9-11-20/h4-7,13,16H,3,8-12H2,1-2H3/t16-/m0/s1. The fraction of sp³-hybridized carbons (Fsp3) is 0.526. The van der Waals surface area contributed by atoms with Crippen LogP contribution in [0.5, 0.6) is 0 Å². The van der Waals surface area contributed by atoms with Crippen molar-refractivity contribution in [2.45, 2.75) is 39.2 Å². The summed E-state index contributed by atoms with van der Waals surface area (Å²) in [4.78, 5) is 40.3. The molecule has 0 aromatic heterocycles. The summed E-state index contributed by atoms with van der Waals surface area (Å²) in [6, 6.07) is 6.07. The molecule has 1 atom stereocenters. The van der Waals surface area contributed by atoms with Gasteiger partial charge in [0.25, 0.3) is 5.91 Å². The third-order valence-corrected chi connectivity index (χ3v) is 5.02. The van der Waals surface area contributed by atoms with Crippen LogP contribution in [0.3, 0.4) is 0 Å². The number of imide groups is 1. The molecule has 2 aliphatic heterocycles. The van der Waals surface area contributed by atoms with Crippen molar-refractivity contribution in [2.24, 2.45) is 5.92 Å². The van der Waals surface area contributed by atoms with Gasteiger partial charge >= 0.3 is 5.97 Å². The molecule has 6 heteroatoms. The van der Waals surface area contributed by atoms with Gasteiger partial charge in [-0.25, -0.2) is 9.69 Å². The molecular formula is C19H24N2O4. The van der Waals surface area contributed by atoms with Crippen molar-refractivity contribution in [3.8, 4) is 0 Å². The Bertz CT molecular complexity index is 663. The maximum Gasteiger partial charge on any atom is 0.338 e. The normalized spacial score (nSPS) is 22.5. The Labute approximate surface area is 147 Å². The van der Waals surface area contributed by atoms with E-state index < -0.39 is 5.97 Å². The van der Waals surface area contributed by atoms with Crippen LogP contribution in [0.4, 0.5) is 5.69 Å². The Morgan fingerprint density at radius 3 is 2.40 bits per heavy atom. The van der Waals surface area contributed by atoms with Crippen LogP contribution < -0.4 is 4.90 Å². The molecular weight excluding hydrogens is 320 g/mol. The maximum absolute atomic E-state index is 12.8. The fourth-order valence-electron chi connectivity index (χ4n) is 3.47. The molecule has 2 aliphatic rings. The lowest BCUT2D eigenvalue weighted by Crippen LogP contribution is -2.45. The minimum Gasteiger partial charge on any atom is -0.462 e. The van der Waals surface area contributed by atoms with Gasteiger partial charge in [0.05, 0.1) is 30.3 Å². The van der Waals surface area contributed by atoms with Gasteiger partial charge in [0.2, 0.25) is 5.91 Å². The lowest BCUT2D eigenvalue weighted by Gasteiger charge is -2.33. The first-order valence-electron chi connectivity index (χ1n) is 8.89. The van der Waals surface area contributed by atoms with Gasteiger partial charge < -0.3 is 4.74 Å². The van der Waals surface area contributed by atoms with Crippen molar-refractivity contribution in [3.05, 3.63) is 29.8 Å². The Morgan fingerprint density at radius 1 is 1.16 bits per heavy atom. The first-order valence-corrected chi connectivity index (χ1v) is 8.89. The molecule has 6 nitrogen and oxygen atoms in total. The van der Waals surface area contributed by atoms with Crippen LogP contribution in [-0.2, 0) is 14.3 Å². The number of amides is 2. The summed E-state index contributed by atoms with van der Waals surface area (Å²) in [5.41, 5.74) is 0.919. The van der Waals surface area contributed by atoms with E-state index in [1.807, 2.05) is 0 Å². The van der Waals surface area contributed by atoms with E-state index >= 15 is 0 Å². The number of nitrogens with zero attached hydrogens (tertiary/aromatic N) is 2. The van der Waals surface area contributed by atoms with Crippen LogP contribution in [0.2, 0.25) is 0 Å². The number of piperidine rings is 1. The SMILES string of the molecule is CCOC(=O)c1ccc(N2C(=O)C[C@H](N3CCC(C)CC3)C2=O)cc1. The molecule has 2 amide bonds. The Kier molecular flexibility index (Phi) is 5.18. The summed E-state index contributed by atoms with van der Waals surface area (Å²) in [6.45, 7) is 5.99. The van der Waals surface area contributed by atoms with E-state index in [4.69, 9.17) is 4.74 Å². The predicted molar refractivity (Wildman–Crippen MR) is 93.3 cm³/mol. The molecule has 0 saturated carbocycles. The minimum absolute atomic E-state index is 0.163. The van der Waals surface area contributed by atoms with Gasteiger partial charge in [-0.15, -0.1) is 0 Å². The number of carbonyl (C=O) groups excluding carboxylic acids is 3. The second-order valence-corrected chi connectivity index (χ2v) is 6.77. The summed E-state index contributed by atoms with van der Waals surface area (Å²) in [6.07, 6.45) is 2.35. The number of carbonyl (C=O) groups is 3. The number of hydrogen-bond acceptors (Lipinski definition) is 5. The molecule has 2 saturated heterocycles. The van der Waals surface area contributed by atoms with E-state index in [1.165, 1.54) is 4.90 Å². The van der Waals surface area contributed by atoms with Crippen LogP contribution in [0.15, 0.2) is 24.3 Å². The van der Waals surface area contributed by atoms with Crippen molar-refractivity contribution in [2.75, 3.05) is 24.6 Å². The van der Waals surface area contributed by atoms with Crippen molar-refractivity contribution in [1.82, 2.24) is 4.90 Å². The predicted octanol–water partition coefficient (Wildman–Crippen LogP) is 2.23. The van der Waals surface area contributed by atoms with E-state index in [2.05, 4.69) is 11.8 Å². The van der Waals surface area contributed by atoms with Gasteiger partial charge in [-0.05, 0) is 63.0 Å². The molecule has 0 aliphatic carbocycles. The molecule has 2 fully saturated rings. The molecule has 0 radical (unpaired) electrons. The zero-order chi connectivity index (χ0) is 18.0.